The number of carbonyl (C=O) groups excluding carboxylic acids is 2. The molecule has 3 aromatic carbocycles. The molecule has 2 atom stereocenters. The number of amides is 2. The summed E-state index contributed by atoms with van der Waals surface area (Å²) in [7, 11) is 0. The third-order valence-electron chi connectivity index (χ3n) is 9.89. The average Bonchev–Trinajstić information content (AvgIpc) is 3.47. The number of rotatable bonds is 19. The first kappa shape index (κ1) is 40.0. The second kappa shape index (κ2) is 18.2. The molecule has 0 unspecified atom stereocenters. The van der Waals surface area contributed by atoms with Crippen LogP contribution in [-0.2, 0) is 30.2 Å². The van der Waals surface area contributed by atoms with Crippen LogP contribution in [0.3, 0.4) is 0 Å². The quantitative estimate of drug-likeness (QED) is 0.140. The van der Waals surface area contributed by atoms with E-state index >= 15 is 0 Å². The largest absolute Gasteiger partial charge is 0.491 e. The SMILES string of the molecule is CC(=O)N[C@H]1c2ccccc2C[C@H]1OCCOCCOCCOCCOc1ccc(C(=O)N[C@H]2C(C)(C)[C@H](Oc3ccc(C#N)c(Cl)c3)C2(C)C)cc1. The van der Waals surface area contributed by atoms with Crippen molar-refractivity contribution in [2.24, 2.45) is 10.8 Å². The molecule has 12 heteroatoms. The third kappa shape index (κ3) is 10.1. The zero-order valence-electron chi connectivity index (χ0n) is 31.1. The molecule has 0 bridgehead atoms. The minimum Gasteiger partial charge on any atom is -0.491 e. The van der Waals surface area contributed by atoms with Crippen molar-refractivity contribution in [2.75, 3.05) is 52.9 Å². The average molecular weight is 748 g/mol. The summed E-state index contributed by atoms with van der Waals surface area (Å²) in [6, 6.07) is 21.9. The number of carbonyl (C=O) groups is 2. The highest BCUT2D eigenvalue weighted by Crippen LogP contribution is 2.55. The molecule has 284 valence electrons. The minimum absolute atomic E-state index is 0.0757. The number of halogens is 1. The summed E-state index contributed by atoms with van der Waals surface area (Å²) < 4.78 is 35.0. The van der Waals surface area contributed by atoms with Crippen LogP contribution in [0.2, 0.25) is 5.02 Å². The third-order valence-corrected chi connectivity index (χ3v) is 10.2. The van der Waals surface area contributed by atoms with Crippen molar-refractivity contribution < 1.29 is 38.0 Å². The Labute approximate surface area is 317 Å². The van der Waals surface area contributed by atoms with Crippen LogP contribution in [0.25, 0.3) is 0 Å². The molecule has 11 nitrogen and oxygen atoms in total. The highest BCUT2D eigenvalue weighted by Gasteiger charge is 2.64. The molecule has 0 radical (unpaired) electrons. The van der Waals surface area contributed by atoms with Crippen LogP contribution in [-0.4, -0.2) is 82.9 Å². The monoisotopic (exact) mass is 747 g/mol. The molecular weight excluding hydrogens is 698 g/mol. The normalized spacial score (nSPS) is 20.8. The van der Waals surface area contributed by atoms with Gasteiger partial charge in [-0.1, -0.05) is 63.6 Å². The lowest BCUT2D eigenvalue weighted by atomic mass is 9.49. The standard InChI is InChI=1S/C41H50ClN3O8/c1-27(46)44-36-33-9-7-6-8-29(33)24-35(36)52-23-21-50-19-17-48-16-18-49-20-22-51-31-13-10-28(11-14-31)37(47)45-38-40(2,3)39(41(38,4)5)53-32-15-12-30(26-43)34(42)25-32/h6-15,25,35-36,38-39H,16-24H2,1-5H3,(H,44,46)(H,45,47)/t35-,36+,38-,39-/m1/s1. The Morgan fingerprint density at radius 2 is 1.42 bits per heavy atom. The van der Waals surface area contributed by atoms with Crippen LogP contribution in [0.5, 0.6) is 11.5 Å². The second-order valence-electron chi connectivity index (χ2n) is 14.5. The topological polar surface area (TPSA) is 137 Å². The molecule has 1 saturated carbocycles. The van der Waals surface area contributed by atoms with E-state index in [0.29, 0.717) is 80.5 Å². The molecule has 2 aliphatic rings. The molecule has 1 fully saturated rings. The van der Waals surface area contributed by atoms with Crippen LogP contribution < -0.4 is 20.1 Å². The van der Waals surface area contributed by atoms with Gasteiger partial charge in [0.05, 0.1) is 69.0 Å². The fourth-order valence-corrected chi connectivity index (χ4v) is 7.85. The lowest BCUT2D eigenvalue weighted by Crippen LogP contribution is -2.74. The number of hydrogen-bond acceptors (Lipinski definition) is 9. The molecule has 3 aromatic rings. The summed E-state index contributed by atoms with van der Waals surface area (Å²) >= 11 is 6.21. The number of nitriles is 1. The van der Waals surface area contributed by atoms with E-state index in [4.69, 9.17) is 45.3 Å². The molecule has 0 aromatic heterocycles. The van der Waals surface area contributed by atoms with Crippen molar-refractivity contribution in [1.29, 1.82) is 5.26 Å². The van der Waals surface area contributed by atoms with E-state index < -0.39 is 0 Å². The lowest BCUT2D eigenvalue weighted by molar-refractivity contribution is -0.164. The van der Waals surface area contributed by atoms with Gasteiger partial charge in [-0.2, -0.15) is 5.26 Å². The molecule has 53 heavy (non-hydrogen) atoms. The summed E-state index contributed by atoms with van der Waals surface area (Å²) in [5, 5.41) is 15.7. The lowest BCUT2D eigenvalue weighted by Gasteiger charge is -2.63. The number of hydrogen-bond donors (Lipinski definition) is 2. The number of fused-ring (bicyclic) bond motifs is 1. The Morgan fingerprint density at radius 1 is 0.811 bits per heavy atom. The van der Waals surface area contributed by atoms with E-state index in [1.165, 1.54) is 12.5 Å². The fourth-order valence-electron chi connectivity index (χ4n) is 7.63. The number of nitrogens with zero attached hydrogens (tertiary/aromatic N) is 1. The van der Waals surface area contributed by atoms with Crippen LogP contribution in [0, 0.1) is 22.2 Å². The van der Waals surface area contributed by atoms with E-state index in [1.807, 2.05) is 18.2 Å². The van der Waals surface area contributed by atoms with E-state index in [0.717, 1.165) is 12.0 Å². The summed E-state index contributed by atoms with van der Waals surface area (Å²) in [6.07, 6.45) is 0.464. The van der Waals surface area contributed by atoms with Crippen LogP contribution in [0.4, 0.5) is 0 Å². The Hall–Kier alpha value is -4.18. The zero-order chi connectivity index (χ0) is 38.0. The van der Waals surface area contributed by atoms with Crippen molar-refractivity contribution in [3.63, 3.8) is 0 Å². The van der Waals surface area contributed by atoms with E-state index in [1.54, 1.807) is 42.5 Å². The van der Waals surface area contributed by atoms with Crippen molar-refractivity contribution in [3.05, 3.63) is 94.0 Å². The van der Waals surface area contributed by atoms with Gasteiger partial charge < -0.3 is 39.1 Å². The second-order valence-corrected chi connectivity index (χ2v) is 14.9. The van der Waals surface area contributed by atoms with E-state index in [-0.39, 0.29) is 46.9 Å². The van der Waals surface area contributed by atoms with Gasteiger partial charge in [0, 0.05) is 41.8 Å². The van der Waals surface area contributed by atoms with Crippen molar-refractivity contribution in [3.8, 4) is 17.6 Å². The van der Waals surface area contributed by atoms with Crippen molar-refractivity contribution in [2.45, 2.75) is 65.3 Å². The summed E-state index contributed by atoms with van der Waals surface area (Å²) in [5.41, 5.74) is 2.52. The summed E-state index contributed by atoms with van der Waals surface area (Å²) in [4.78, 5) is 24.9. The predicted molar refractivity (Wildman–Crippen MR) is 200 cm³/mol. The van der Waals surface area contributed by atoms with Gasteiger partial charge in [-0.05, 0) is 47.5 Å². The Balaban J connectivity index is 0.904. The minimum atomic E-state index is -0.360. The molecule has 0 aliphatic heterocycles. The van der Waals surface area contributed by atoms with Crippen LogP contribution in [0.15, 0.2) is 66.7 Å². The first-order valence-electron chi connectivity index (χ1n) is 18.0. The van der Waals surface area contributed by atoms with Crippen molar-refractivity contribution in [1.82, 2.24) is 10.6 Å². The van der Waals surface area contributed by atoms with Gasteiger partial charge in [0.25, 0.3) is 5.91 Å². The Bertz CT molecular complexity index is 1730. The predicted octanol–water partition coefficient (Wildman–Crippen LogP) is 6.07. The van der Waals surface area contributed by atoms with Gasteiger partial charge in [0.15, 0.2) is 0 Å². The fraction of sp³-hybridized carbons (Fsp3) is 0.488. The number of ether oxygens (including phenoxy) is 6. The first-order valence-corrected chi connectivity index (χ1v) is 18.4. The van der Waals surface area contributed by atoms with Gasteiger partial charge in [-0.25, -0.2) is 0 Å². The molecule has 0 spiro atoms. The first-order chi connectivity index (χ1) is 25.4. The van der Waals surface area contributed by atoms with Gasteiger partial charge >= 0.3 is 0 Å². The van der Waals surface area contributed by atoms with E-state index in [9.17, 15) is 9.59 Å². The number of nitrogens with one attached hydrogen (secondary N) is 2. The van der Waals surface area contributed by atoms with Crippen molar-refractivity contribution >= 4 is 23.4 Å². The molecular formula is C41H50ClN3O8. The van der Waals surface area contributed by atoms with Crippen LogP contribution >= 0.6 is 11.6 Å². The maximum absolute atomic E-state index is 13.2. The van der Waals surface area contributed by atoms with Gasteiger partial charge in [-0.15, -0.1) is 0 Å². The van der Waals surface area contributed by atoms with E-state index in [2.05, 4.69) is 50.5 Å². The van der Waals surface area contributed by atoms with Crippen LogP contribution in [0.1, 0.15) is 67.7 Å². The van der Waals surface area contributed by atoms with Gasteiger partial charge in [0.1, 0.15) is 30.3 Å². The Morgan fingerprint density at radius 3 is 2.04 bits per heavy atom. The molecule has 5 rings (SSSR count). The molecule has 0 saturated heterocycles. The van der Waals surface area contributed by atoms with Gasteiger partial charge in [-0.3, -0.25) is 9.59 Å². The summed E-state index contributed by atoms with van der Waals surface area (Å²) in [6.45, 7) is 13.2. The smallest absolute Gasteiger partial charge is 0.251 e. The van der Waals surface area contributed by atoms with Gasteiger partial charge in [0.2, 0.25) is 5.91 Å². The molecule has 2 aliphatic carbocycles. The highest BCUT2D eigenvalue weighted by molar-refractivity contribution is 6.31. The maximum atomic E-state index is 13.2. The summed E-state index contributed by atoms with van der Waals surface area (Å²) in [5.74, 6) is 0.986. The molecule has 2 N–H and O–H groups in total. The molecule has 0 heterocycles. The zero-order valence-corrected chi connectivity index (χ0v) is 31.9. The maximum Gasteiger partial charge on any atom is 0.251 e. The number of benzene rings is 3. The molecule has 2 amide bonds. The highest BCUT2D eigenvalue weighted by atomic mass is 35.5. The Kier molecular flexibility index (Phi) is 13.8.